The maximum Gasteiger partial charge on any atom is 0.337 e. The van der Waals surface area contributed by atoms with Crippen LogP contribution < -0.4 is 0 Å². The molecule has 0 amide bonds. The van der Waals surface area contributed by atoms with Gasteiger partial charge < -0.3 is 9.84 Å². The molecule has 0 radical (unpaired) electrons. The van der Waals surface area contributed by atoms with Crippen LogP contribution >= 0.6 is 11.3 Å². The maximum atomic E-state index is 12.5. The molecule has 0 unspecified atom stereocenters. The number of phenolic OH excluding ortho intramolecular Hbond substituents is 1. The average Bonchev–Trinajstić information content (AvgIpc) is 3.08. The molecule has 1 N–H and O–H groups in total. The van der Waals surface area contributed by atoms with Crippen LogP contribution in [0.25, 0.3) is 16.6 Å². The van der Waals surface area contributed by atoms with Gasteiger partial charge in [-0.25, -0.2) is 9.78 Å². The summed E-state index contributed by atoms with van der Waals surface area (Å²) < 4.78 is 4.66. The molecule has 3 aromatic rings. The van der Waals surface area contributed by atoms with Crippen LogP contribution in [-0.2, 0) is 4.74 Å². The fourth-order valence-corrected chi connectivity index (χ4v) is 3.44. The van der Waals surface area contributed by atoms with E-state index in [1.807, 2.05) is 0 Å². The number of phenols is 1. The molecule has 6 heteroatoms. The van der Waals surface area contributed by atoms with Gasteiger partial charge in [-0.15, -0.1) is 11.3 Å². The lowest BCUT2D eigenvalue weighted by Crippen LogP contribution is -2.00. The number of hydrogen-bond donors (Lipinski definition) is 1. The van der Waals surface area contributed by atoms with Gasteiger partial charge in [0.15, 0.2) is 5.78 Å². The van der Waals surface area contributed by atoms with Crippen molar-refractivity contribution in [1.29, 1.82) is 0 Å². The quantitative estimate of drug-likeness (QED) is 0.401. The molecule has 27 heavy (non-hydrogen) atoms. The molecule has 0 saturated heterocycles. The first-order valence-corrected chi connectivity index (χ1v) is 8.97. The van der Waals surface area contributed by atoms with Crippen LogP contribution in [-0.4, -0.2) is 29.0 Å². The van der Waals surface area contributed by atoms with Crippen molar-refractivity contribution in [3.8, 4) is 16.3 Å². The number of hydrogen-bond acceptors (Lipinski definition) is 6. The minimum absolute atomic E-state index is 0.132. The third-order valence-corrected chi connectivity index (χ3v) is 5.11. The molecule has 1 heterocycles. The Balaban J connectivity index is 1.77. The summed E-state index contributed by atoms with van der Waals surface area (Å²) in [6.07, 6.45) is 3.19. The normalized spacial score (nSPS) is 10.9. The molecule has 0 bridgehead atoms. The predicted octanol–water partition coefficient (Wildman–Crippen LogP) is 4.51. The van der Waals surface area contributed by atoms with Gasteiger partial charge in [0.25, 0.3) is 0 Å². The molecule has 136 valence electrons. The van der Waals surface area contributed by atoms with Gasteiger partial charge in [-0.3, -0.25) is 4.79 Å². The molecule has 0 aliphatic heterocycles. The molecular formula is C21H17NO4S. The third-order valence-electron chi connectivity index (χ3n) is 3.89. The first-order valence-electron chi connectivity index (χ1n) is 8.15. The van der Waals surface area contributed by atoms with Gasteiger partial charge in [0.1, 0.15) is 10.8 Å². The van der Waals surface area contributed by atoms with Crippen molar-refractivity contribution in [2.75, 3.05) is 7.11 Å². The molecule has 0 aliphatic rings. The largest absolute Gasteiger partial charge is 0.508 e. The summed E-state index contributed by atoms with van der Waals surface area (Å²) in [6, 6.07) is 13.5. The number of nitrogens with zero attached hydrogens (tertiary/aromatic N) is 1. The number of aryl methyl sites for hydroxylation is 1. The summed E-state index contributed by atoms with van der Waals surface area (Å²) >= 11 is 1.32. The van der Waals surface area contributed by atoms with Crippen molar-refractivity contribution < 1.29 is 19.4 Å². The lowest BCUT2D eigenvalue weighted by Gasteiger charge is -1.99. The van der Waals surface area contributed by atoms with E-state index in [1.54, 1.807) is 61.5 Å². The van der Waals surface area contributed by atoms with E-state index < -0.39 is 5.97 Å². The highest BCUT2D eigenvalue weighted by Gasteiger charge is 2.14. The van der Waals surface area contributed by atoms with Gasteiger partial charge in [0, 0.05) is 5.56 Å². The van der Waals surface area contributed by atoms with E-state index in [9.17, 15) is 14.7 Å². The van der Waals surface area contributed by atoms with Crippen LogP contribution in [0.2, 0.25) is 0 Å². The Hall–Kier alpha value is -3.25. The lowest BCUT2D eigenvalue weighted by molar-refractivity contribution is 0.0600. The Bertz CT molecular complexity index is 1000. The predicted molar refractivity (Wildman–Crippen MR) is 105 cm³/mol. The SMILES string of the molecule is COC(=O)c1ccc(/C=C/C(=O)c2sc(-c3ccc(O)cc3)nc2C)cc1. The van der Waals surface area contributed by atoms with Crippen molar-refractivity contribution in [2.24, 2.45) is 0 Å². The maximum absolute atomic E-state index is 12.5. The number of allylic oxidation sites excluding steroid dienone is 1. The standard InChI is InChI=1S/C21H17NO4S/c1-13-19(27-20(22-13)15-8-10-17(23)11-9-15)18(24)12-5-14-3-6-16(7-4-14)21(25)26-2/h3-12,23H,1-2H3/b12-5+. The van der Waals surface area contributed by atoms with E-state index in [2.05, 4.69) is 9.72 Å². The van der Waals surface area contributed by atoms with Gasteiger partial charge in [0.05, 0.1) is 23.2 Å². The Labute approximate surface area is 160 Å². The molecule has 5 nitrogen and oxygen atoms in total. The Kier molecular flexibility index (Phi) is 5.47. The number of aromatic hydroxyl groups is 1. The number of carbonyl (C=O) groups excluding carboxylic acids is 2. The van der Waals surface area contributed by atoms with E-state index in [0.29, 0.717) is 16.1 Å². The lowest BCUT2D eigenvalue weighted by atomic mass is 10.1. The minimum atomic E-state index is -0.399. The van der Waals surface area contributed by atoms with Gasteiger partial charge in [0.2, 0.25) is 0 Å². The second-order valence-electron chi connectivity index (χ2n) is 5.79. The molecule has 0 aliphatic carbocycles. The number of benzene rings is 2. The van der Waals surface area contributed by atoms with Crippen molar-refractivity contribution in [2.45, 2.75) is 6.92 Å². The average molecular weight is 379 g/mol. The van der Waals surface area contributed by atoms with Crippen LogP contribution in [0.1, 0.15) is 31.3 Å². The molecule has 0 saturated carbocycles. The van der Waals surface area contributed by atoms with Crippen molar-refractivity contribution in [3.05, 3.63) is 76.3 Å². The number of ketones is 1. The Morgan fingerprint density at radius 2 is 1.74 bits per heavy atom. The van der Waals surface area contributed by atoms with E-state index >= 15 is 0 Å². The summed E-state index contributed by atoms with van der Waals surface area (Å²) in [6.45, 7) is 1.80. The number of aromatic nitrogens is 1. The second kappa shape index (κ2) is 7.97. The topological polar surface area (TPSA) is 76.5 Å². The molecule has 2 aromatic carbocycles. The summed E-state index contributed by atoms with van der Waals surface area (Å²) in [5, 5.41) is 10.1. The number of thiazole rings is 1. The number of esters is 1. The van der Waals surface area contributed by atoms with Gasteiger partial charge in [-0.05, 0) is 55.0 Å². The fraction of sp³-hybridized carbons (Fsp3) is 0.0952. The fourth-order valence-electron chi connectivity index (χ4n) is 2.45. The zero-order chi connectivity index (χ0) is 19.4. The Morgan fingerprint density at radius 3 is 2.37 bits per heavy atom. The smallest absolute Gasteiger partial charge is 0.337 e. The highest BCUT2D eigenvalue weighted by molar-refractivity contribution is 7.17. The highest BCUT2D eigenvalue weighted by Crippen LogP contribution is 2.29. The van der Waals surface area contributed by atoms with Crippen LogP contribution in [0.4, 0.5) is 0 Å². The third kappa shape index (κ3) is 4.30. The molecule has 1 aromatic heterocycles. The second-order valence-corrected chi connectivity index (χ2v) is 6.79. The zero-order valence-corrected chi connectivity index (χ0v) is 15.6. The van der Waals surface area contributed by atoms with E-state index in [0.717, 1.165) is 16.1 Å². The first kappa shape index (κ1) is 18.5. The van der Waals surface area contributed by atoms with Gasteiger partial charge in [-0.2, -0.15) is 0 Å². The van der Waals surface area contributed by atoms with Crippen LogP contribution in [0.3, 0.4) is 0 Å². The zero-order valence-electron chi connectivity index (χ0n) is 14.8. The van der Waals surface area contributed by atoms with Gasteiger partial charge >= 0.3 is 5.97 Å². The van der Waals surface area contributed by atoms with Crippen LogP contribution in [0.5, 0.6) is 5.75 Å². The van der Waals surface area contributed by atoms with Crippen LogP contribution in [0, 0.1) is 6.92 Å². The number of ether oxygens (including phenoxy) is 1. The Morgan fingerprint density at radius 1 is 1.07 bits per heavy atom. The molecule has 0 atom stereocenters. The summed E-state index contributed by atoms with van der Waals surface area (Å²) in [5.41, 5.74) is 2.77. The first-order chi connectivity index (χ1) is 13.0. The molecule has 3 rings (SSSR count). The van der Waals surface area contributed by atoms with E-state index in [4.69, 9.17) is 0 Å². The van der Waals surface area contributed by atoms with Crippen molar-refractivity contribution in [1.82, 2.24) is 4.98 Å². The van der Waals surface area contributed by atoms with Crippen LogP contribution in [0.15, 0.2) is 54.6 Å². The summed E-state index contributed by atoms with van der Waals surface area (Å²) in [5.74, 6) is -0.347. The highest BCUT2D eigenvalue weighted by atomic mass is 32.1. The van der Waals surface area contributed by atoms with E-state index in [-0.39, 0.29) is 11.5 Å². The molecule has 0 fully saturated rings. The van der Waals surface area contributed by atoms with Gasteiger partial charge in [-0.1, -0.05) is 18.2 Å². The monoisotopic (exact) mass is 379 g/mol. The number of carbonyl (C=O) groups is 2. The van der Waals surface area contributed by atoms with Crippen molar-refractivity contribution >= 4 is 29.2 Å². The number of methoxy groups -OCH3 is 1. The number of rotatable bonds is 5. The van der Waals surface area contributed by atoms with E-state index in [1.165, 1.54) is 24.5 Å². The minimum Gasteiger partial charge on any atom is -0.508 e. The molecular weight excluding hydrogens is 362 g/mol. The molecule has 0 spiro atoms. The van der Waals surface area contributed by atoms with Crippen molar-refractivity contribution in [3.63, 3.8) is 0 Å². The summed E-state index contributed by atoms with van der Waals surface area (Å²) in [7, 11) is 1.33. The summed E-state index contributed by atoms with van der Waals surface area (Å²) in [4.78, 5) is 29.0.